The highest BCUT2D eigenvalue weighted by atomic mass is 16.1. The second kappa shape index (κ2) is 9.18. The van der Waals surface area contributed by atoms with Crippen molar-refractivity contribution in [2.75, 3.05) is 19.6 Å². The van der Waals surface area contributed by atoms with Gasteiger partial charge in [-0.05, 0) is 70.2 Å². The molecule has 1 aliphatic rings. The predicted molar refractivity (Wildman–Crippen MR) is 109 cm³/mol. The summed E-state index contributed by atoms with van der Waals surface area (Å²) in [5.74, 6) is 0.862. The lowest BCUT2D eigenvalue weighted by molar-refractivity contribution is -0.121. The largest absolute Gasteiger partial charge is 0.356 e. The zero-order valence-corrected chi connectivity index (χ0v) is 16.8. The summed E-state index contributed by atoms with van der Waals surface area (Å²) in [5.41, 5.74) is 5.92. The molecule has 0 aliphatic carbocycles. The Labute approximate surface area is 162 Å². The van der Waals surface area contributed by atoms with Crippen molar-refractivity contribution in [2.45, 2.75) is 53.0 Å². The van der Waals surface area contributed by atoms with Gasteiger partial charge in [-0.1, -0.05) is 29.8 Å². The molecule has 1 amide bonds. The molecule has 27 heavy (non-hydrogen) atoms. The van der Waals surface area contributed by atoms with Crippen LogP contribution in [0.1, 0.15) is 47.3 Å². The molecule has 2 heterocycles. The summed E-state index contributed by atoms with van der Waals surface area (Å²) in [5, 5.41) is 11.1. The van der Waals surface area contributed by atoms with Gasteiger partial charge >= 0.3 is 0 Å². The third-order valence-electron chi connectivity index (χ3n) is 5.62. The third kappa shape index (κ3) is 5.42. The van der Waals surface area contributed by atoms with Crippen molar-refractivity contribution in [3.05, 3.63) is 52.3 Å². The summed E-state index contributed by atoms with van der Waals surface area (Å²) in [4.78, 5) is 12.2. The number of carbonyl (C=O) groups excluding carboxylic acids is 1. The van der Waals surface area contributed by atoms with Gasteiger partial charge in [0.05, 0.1) is 12.2 Å². The molecule has 2 N–H and O–H groups in total. The van der Waals surface area contributed by atoms with Crippen LogP contribution in [0.25, 0.3) is 0 Å². The zero-order valence-electron chi connectivity index (χ0n) is 16.8. The Bertz CT molecular complexity index is 757. The Balaban J connectivity index is 1.50. The van der Waals surface area contributed by atoms with Crippen molar-refractivity contribution < 1.29 is 4.79 Å². The monoisotopic (exact) mass is 368 g/mol. The predicted octanol–water partition coefficient (Wildman–Crippen LogP) is 2.91. The van der Waals surface area contributed by atoms with Gasteiger partial charge in [0.25, 0.3) is 0 Å². The summed E-state index contributed by atoms with van der Waals surface area (Å²) in [7, 11) is 0. The highest BCUT2D eigenvalue weighted by molar-refractivity contribution is 5.76. The van der Waals surface area contributed by atoms with Crippen LogP contribution in [0.15, 0.2) is 24.3 Å². The molecule has 1 aromatic carbocycles. The van der Waals surface area contributed by atoms with E-state index in [0.29, 0.717) is 6.42 Å². The molecule has 0 saturated carbocycles. The number of nitrogens with zero attached hydrogens (tertiary/aromatic N) is 2. The Morgan fingerprint density at radius 3 is 2.74 bits per heavy atom. The maximum absolute atomic E-state index is 12.2. The van der Waals surface area contributed by atoms with Gasteiger partial charge < -0.3 is 10.6 Å². The average Bonchev–Trinajstić information content (AvgIpc) is 3.24. The fraction of sp³-hybridized carbons (Fsp3) is 0.545. The fourth-order valence-corrected chi connectivity index (χ4v) is 3.82. The Kier molecular flexibility index (Phi) is 6.67. The molecule has 2 aromatic rings. The van der Waals surface area contributed by atoms with Crippen LogP contribution in [0.5, 0.6) is 0 Å². The van der Waals surface area contributed by atoms with E-state index >= 15 is 0 Å². The smallest absolute Gasteiger partial charge is 0.220 e. The maximum Gasteiger partial charge on any atom is 0.220 e. The second-order valence-electron chi connectivity index (χ2n) is 7.79. The molecule has 0 spiro atoms. The molecule has 0 radical (unpaired) electrons. The third-order valence-corrected chi connectivity index (χ3v) is 5.62. The lowest BCUT2D eigenvalue weighted by Gasteiger charge is -2.09. The van der Waals surface area contributed by atoms with Crippen LogP contribution in [0, 0.1) is 26.7 Å². The van der Waals surface area contributed by atoms with Gasteiger partial charge in [0, 0.05) is 18.7 Å². The molecule has 1 aromatic heterocycles. The number of amides is 1. The van der Waals surface area contributed by atoms with Gasteiger partial charge in [0.1, 0.15) is 0 Å². The summed E-state index contributed by atoms with van der Waals surface area (Å²) in [6.45, 7) is 10.0. The molecule has 5 nitrogen and oxygen atoms in total. The van der Waals surface area contributed by atoms with E-state index in [1.165, 1.54) is 23.1 Å². The SMILES string of the molecule is Cc1ccc(Cn2nc(C)c(CCC(=O)NCCC3CCNC3)c2C)cc1. The first-order valence-corrected chi connectivity index (χ1v) is 10.1. The van der Waals surface area contributed by atoms with E-state index in [4.69, 9.17) is 5.10 Å². The van der Waals surface area contributed by atoms with Gasteiger partial charge in [0.15, 0.2) is 0 Å². The Morgan fingerprint density at radius 1 is 1.26 bits per heavy atom. The fourth-order valence-electron chi connectivity index (χ4n) is 3.82. The van der Waals surface area contributed by atoms with Crippen molar-refractivity contribution in [3.8, 4) is 0 Å². The summed E-state index contributed by atoms with van der Waals surface area (Å²) >= 11 is 0. The number of aromatic nitrogens is 2. The van der Waals surface area contributed by atoms with E-state index in [-0.39, 0.29) is 5.91 Å². The van der Waals surface area contributed by atoms with Crippen LogP contribution in [-0.4, -0.2) is 35.3 Å². The maximum atomic E-state index is 12.2. The molecule has 1 unspecified atom stereocenters. The van der Waals surface area contributed by atoms with Gasteiger partial charge in [0.2, 0.25) is 5.91 Å². The van der Waals surface area contributed by atoms with E-state index in [9.17, 15) is 4.79 Å². The van der Waals surface area contributed by atoms with Gasteiger partial charge in [-0.3, -0.25) is 9.48 Å². The molecule has 1 saturated heterocycles. The summed E-state index contributed by atoms with van der Waals surface area (Å²) in [6.07, 6.45) is 3.59. The number of nitrogens with one attached hydrogen (secondary N) is 2. The van der Waals surface area contributed by atoms with Gasteiger partial charge in [-0.2, -0.15) is 5.10 Å². The van der Waals surface area contributed by atoms with Crippen LogP contribution in [0.4, 0.5) is 0 Å². The van der Waals surface area contributed by atoms with E-state index in [0.717, 1.165) is 56.3 Å². The van der Waals surface area contributed by atoms with Crippen LogP contribution in [0.2, 0.25) is 0 Å². The minimum atomic E-state index is 0.144. The number of hydrogen-bond acceptors (Lipinski definition) is 3. The van der Waals surface area contributed by atoms with Crippen molar-refractivity contribution in [1.82, 2.24) is 20.4 Å². The molecule has 5 heteroatoms. The minimum absolute atomic E-state index is 0.144. The summed E-state index contributed by atoms with van der Waals surface area (Å²) < 4.78 is 2.06. The highest BCUT2D eigenvalue weighted by Gasteiger charge is 2.15. The number of hydrogen-bond donors (Lipinski definition) is 2. The molecule has 1 aliphatic heterocycles. The first-order valence-electron chi connectivity index (χ1n) is 10.1. The lowest BCUT2D eigenvalue weighted by atomic mass is 10.0. The van der Waals surface area contributed by atoms with Gasteiger partial charge in [-0.15, -0.1) is 0 Å². The number of aryl methyl sites for hydroxylation is 2. The van der Waals surface area contributed by atoms with E-state index in [2.05, 4.69) is 53.4 Å². The molecule has 146 valence electrons. The number of rotatable bonds is 8. The van der Waals surface area contributed by atoms with Crippen molar-refractivity contribution in [2.24, 2.45) is 5.92 Å². The summed E-state index contributed by atoms with van der Waals surface area (Å²) in [6, 6.07) is 8.57. The highest BCUT2D eigenvalue weighted by Crippen LogP contribution is 2.17. The molecule has 3 rings (SSSR count). The van der Waals surface area contributed by atoms with Crippen molar-refractivity contribution >= 4 is 5.91 Å². The molecular formula is C22H32N4O. The van der Waals surface area contributed by atoms with Gasteiger partial charge in [-0.25, -0.2) is 0 Å². The Hall–Kier alpha value is -2.14. The lowest BCUT2D eigenvalue weighted by Crippen LogP contribution is -2.26. The topological polar surface area (TPSA) is 59.0 Å². The van der Waals surface area contributed by atoms with Crippen LogP contribution < -0.4 is 10.6 Å². The molecule has 1 fully saturated rings. The first-order chi connectivity index (χ1) is 13.0. The number of benzene rings is 1. The Morgan fingerprint density at radius 2 is 2.04 bits per heavy atom. The van der Waals surface area contributed by atoms with E-state index in [1.54, 1.807) is 0 Å². The second-order valence-corrected chi connectivity index (χ2v) is 7.79. The quantitative estimate of drug-likeness (QED) is 0.753. The van der Waals surface area contributed by atoms with Crippen LogP contribution in [0.3, 0.4) is 0 Å². The molecular weight excluding hydrogens is 336 g/mol. The number of carbonyl (C=O) groups is 1. The van der Waals surface area contributed by atoms with E-state index in [1.807, 2.05) is 6.92 Å². The zero-order chi connectivity index (χ0) is 19.2. The minimum Gasteiger partial charge on any atom is -0.356 e. The standard InChI is InChI=1S/C22H32N4O/c1-16-4-6-20(7-5-16)15-26-18(3)21(17(2)25-26)8-9-22(27)24-13-11-19-10-12-23-14-19/h4-7,19,23H,8-15H2,1-3H3,(H,24,27). The average molecular weight is 369 g/mol. The molecule has 0 bridgehead atoms. The van der Waals surface area contributed by atoms with Crippen LogP contribution in [-0.2, 0) is 17.8 Å². The van der Waals surface area contributed by atoms with Crippen molar-refractivity contribution in [3.63, 3.8) is 0 Å². The first kappa shape index (κ1) is 19.6. The van der Waals surface area contributed by atoms with E-state index < -0.39 is 0 Å². The molecule has 1 atom stereocenters. The normalized spacial score (nSPS) is 16.6. The van der Waals surface area contributed by atoms with Crippen LogP contribution >= 0.6 is 0 Å². The van der Waals surface area contributed by atoms with Crippen molar-refractivity contribution in [1.29, 1.82) is 0 Å².